The average molecular weight is 391 g/mol. The molecule has 1 amide bonds. The molecule has 1 unspecified atom stereocenters. The van der Waals surface area contributed by atoms with E-state index in [1.54, 1.807) is 30.6 Å². The highest BCUT2D eigenvalue weighted by molar-refractivity contribution is 5.97. The number of rotatable bonds is 7. The van der Waals surface area contributed by atoms with Crippen molar-refractivity contribution >= 4 is 5.91 Å². The first-order chi connectivity index (χ1) is 14.2. The van der Waals surface area contributed by atoms with Crippen molar-refractivity contribution < 1.29 is 13.9 Å². The monoisotopic (exact) mass is 391 g/mol. The molecule has 0 bridgehead atoms. The van der Waals surface area contributed by atoms with Crippen LogP contribution in [0.5, 0.6) is 11.5 Å². The van der Waals surface area contributed by atoms with Gasteiger partial charge in [0.05, 0.1) is 17.8 Å². The second-order valence-corrected chi connectivity index (χ2v) is 7.20. The predicted octanol–water partition coefficient (Wildman–Crippen LogP) is 4.34. The van der Waals surface area contributed by atoms with Crippen LogP contribution in [-0.2, 0) is 0 Å². The minimum atomic E-state index is -0.169. The van der Waals surface area contributed by atoms with Crippen LogP contribution in [0.1, 0.15) is 40.8 Å². The van der Waals surface area contributed by atoms with Crippen molar-refractivity contribution in [2.24, 2.45) is 0 Å². The third kappa shape index (κ3) is 4.66. The van der Waals surface area contributed by atoms with E-state index in [2.05, 4.69) is 15.2 Å². The lowest BCUT2D eigenvalue weighted by atomic mass is 10.1. The third-order valence-electron chi connectivity index (χ3n) is 5.12. The summed E-state index contributed by atoms with van der Waals surface area (Å²) in [5, 5.41) is 3.07. The molecule has 3 heterocycles. The largest absolute Gasteiger partial charge is 0.465 e. The van der Waals surface area contributed by atoms with Gasteiger partial charge in [0.2, 0.25) is 0 Å². The van der Waals surface area contributed by atoms with Crippen molar-refractivity contribution in [2.75, 3.05) is 19.6 Å². The summed E-state index contributed by atoms with van der Waals surface area (Å²) in [7, 11) is 0. The summed E-state index contributed by atoms with van der Waals surface area (Å²) in [5.41, 5.74) is 0.493. The van der Waals surface area contributed by atoms with Gasteiger partial charge >= 0.3 is 0 Å². The Labute approximate surface area is 170 Å². The van der Waals surface area contributed by atoms with E-state index in [9.17, 15) is 4.79 Å². The van der Waals surface area contributed by atoms with Gasteiger partial charge in [-0.25, -0.2) is 0 Å². The van der Waals surface area contributed by atoms with E-state index in [-0.39, 0.29) is 11.9 Å². The number of hydrogen-bond donors (Lipinski definition) is 1. The fourth-order valence-corrected chi connectivity index (χ4v) is 3.66. The van der Waals surface area contributed by atoms with E-state index < -0.39 is 0 Å². The summed E-state index contributed by atoms with van der Waals surface area (Å²) in [6.07, 6.45) is 5.65. The summed E-state index contributed by atoms with van der Waals surface area (Å²) >= 11 is 0. The molecule has 1 fully saturated rings. The molecule has 4 rings (SSSR count). The number of nitrogens with zero attached hydrogens (tertiary/aromatic N) is 2. The van der Waals surface area contributed by atoms with Crippen LogP contribution < -0.4 is 10.1 Å². The number of furan rings is 1. The summed E-state index contributed by atoms with van der Waals surface area (Å²) in [4.78, 5) is 19.4. The number of pyridine rings is 1. The molecule has 150 valence electrons. The lowest BCUT2D eigenvalue weighted by Gasteiger charge is -2.26. The van der Waals surface area contributed by atoms with Gasteiger partial charge in [-0.3, -0.25) is 14.7 Å². The number of aryl methyl sites for hydroxylation is 1. The van der Waals surface area contributed by atoms with Gasteiger partial charge < -0.3 is 14.5 Å². The highest BCUT2D eigenvalue weighted by Crippen LogP contribution is 2.27. The first kappa shape index (κ1) is 19.2. The van der Waals surface area contributed by atoms with E-state index in [1.165, 1.54) is 12.8 Å². The van der Waals surface area contributed by atoms with Crippen LogP contribution in [-0.4, -0.2) is 35.4 Å². The number of para-hydroxylation sites is 1. The van der Waals surface area contributed by atoms with Crippen molar-refractivity contribution in [3.63, 3.8) is 0 Å². The summed E-state index contributed by atoms with van der Waals surface area (Å²) < 4.78 is 11.7. The number of likely N-dealkylation sites (tertiary alicyclic amines) is 1. The summed E-state index contributed by atoms with van der Waals surface area (Å²) in [6, 6.07) is 14.8. The van der Waals surface area contributed by atoms with Crippen molar-refractivity contribution in [2.45, 2.75) is 25.8 Å². The van der Waals surface area contributed by atoms with Crippen molar-refractivity contribution in [3.8, 4) is 11.5 Å². The quantitative estimate of drug-likeness (QED) is 0.649. The Kier molecular flexibility index (Phi) is 5.91. The summed E-state index contributed by atoms with van der Waals surface area (Å²) in [6.45, 7) is 4.45. The van der Waals surface area contributed by atoms with Gasteiger partial charge in [0.15, 0.2) is 0 Å². The van der Waals surface area contributed by atoms with Crippen molar-refractivity contribution in [1.82, 2.24) is 15.2 Å². The van der Waals surface area contributed by atoms with Crippen LogP contribution in [0.3, 0.4) is 0 Å². The minimum absolute atomic E-state index is 0.0292. The van der Waals surface area contributed by atoms with Crippen LogP contribution in [0.4, 0.5) is 0 Å². The average Bonchev–Trinajstić information content (AvgIpc) is 3.42. The molecule has 0 saturated carbocycles. The number of amides is 1. The fraction of sp³-hybridized carbons (Fsp3) is 0.304. The number of benzene rings is 1. The van der Waals surface area contributed by atoms with Crippen LogP contribution >= 0.6 is 0 Å². The lowest BCUT2D eigenvalue weighted by molar-refractivity contribution is 0.0931. The maximum absolute atomic E-state index is 13.0. The number of carbonyl (C=O) groups excluding carboxylic acids is 1. The standard InChI is InChI=1S/C23H25N3O3/c1-17-10-11-22(28-17)20(26-13-4-5-14-26)16-25-23(27)19-8-2-3-9-21(19)29-18-7-6-12-24-15-18/h2-3,6-12,15,20H,4-5,13-14,16H2,1H3,(H,25,27). The molecule has 0 spiro atoms. The second kappa shape index (κ2) is 8.92. The molecule has 6 nitrogen and oxygen atoms in total. The zero-order valence-electron chi connectivity index (χ0n) is 16.5. The number of carbonyl (C=O) groups is 1. The Morgan fingerprint density at radius 1 is 1.17 bits per heavy atom. The van der Waals surface area contributed by atoms with E-state index in [0.717, 1.165) is 24.6 Å². The van der Waals surface area contributed by atoms with Crippen LogP contribution in [0.2, 0.25) is 0 Å². The number of ether oxygens (including phenoxy) is 1. The molecule has 0 radical (unpaired) electrons. The Morgan fingerprint density at radius 3 is 2.72 bits per heavy atom. The maximum atomic E-state index is 13.0. The van der Waals surface area contributed by atoms with Crippen molar-refractivity contribution in [1.29, 1.82) is 0 Å². The molecular formula is C23H25N3O3. The van der Waals surface area contributed by atoms with Gasteiger partial charge in [0, 0.05) is 12.7 Å². The highest BCUT2D eigenvalue weighted by atomic mass is 16.5. The molecule has 1 aliphatic rings. The van der Waals surface area contributed by atoms with E-state index in [1.807, 2.05) is 37.3 Å². The molecule has 2 aromatic heterocycles. The number of hydrogen-bond acceptors (Lipinski definition) is 5. The van der Waals surface area contributed by atoms with E-state index >= 15 is 0 Å². The fourth-order valence-electron chi connectivity index (χ4n) is 3.66. The smallest absolute Gasteiger partial charge is 0.255 e. The van der Waals surface area contributed by atoms with Crippen LogP contribution in [0.15, 0.2) is 65.3 Å². The van der Waals surface area contributed by atoms with Crippen molar-refractivity contribution in [3.05, 3.63) is 78.0 Å². The van der Waals surface area contributed by atoms with Crippen LogP contribution in [0, 0.1) is 6.92 Å². The first-order valence-corrected chi connectivity index (χ1v) is 9.96. The molecule has 1 atom stereocenters. The van der Waals surface area contributed by atoms with Gasteiger partial charge in [-0.15, -0.1) is 0 Å². The topological polar surface area (TPSA) is 67.6 Å². The van der Waals surface area contributed by atoms with E-state index in [0.29, 0.717) is 23.6 Å². The summed E-state index contributed by atoms with van der Waals surface area (Å²) in [5.74, 6) is 2.70. The second-order valence-electron chi connectivity index (χ2n) is 7.20. The van der Waals surface area contributed by atoms with Crippen LogP contribution in [0.25, 0.3) is 0 Å². The van der Waals surface area contributed by atoms with Gasteiger partial charge in [-0.2, -0.15) is 0 Å². The Hall–Kier alpha value is -3.12. The molecule has 1 aliphatic heterocycles. The Balaban J connectivity index is 1.48. The molecule has 3 aromatic rings. The maximum Gasteiger partial charge on any atom is 0.255 e. The molecule has 1 N–H and O–H groups in total. The number of nitrogens with one attached hydrogen (secondary N) is 1. The highest BCUT2D eigenvalue weighted by Gasteiger charge is 2.27. The molecule has 6 heteroatoms. The molecular weight excluding hydrogens is 366 g/mol. The SMILES string of the molecule is Cc1ccc(C(CNC(=O)c2ccccc2Oc2cccnc2)N2CCCC2)o1. The lowest BCUT2D eigenvalue weighted by Crippen LogP contribution is -2.36. The molecule has 0 aliphatic carbocycles. The van der Waals surface area contributed by atoms with Gasteiger partial charge in [-0.05, 0) is 69.3 Å². The number of aromatic nitrogens is 1. The zero-order chi connectivity index (χ0) is 20.1. The molecule has 1 saturated heterocycles. The molecule has 1 aromatic carbocycles. The van der Waals surface area contributed by atoms with Gasteiger partial charge in [0.25, 0.3) is 5.91 Å². The minimum Gasteiger partial charge on any atom is -0.465 e. The van der Waals surface area contributed by atoms with Gasteiger partial charge in [0.1, 0.15) is 23.0 Å². The zero-order valence-corrected chi connectivity index (χ0v) is 16.5. The first-order valence-electron chi connectivity index (χ1n) is 9.96. The third-order valence-corrected chi connectivity index (χ3v) is 5.12. The van der Waals surface area contributed by atoms with E-state index in [4.69, 9.17) is 9.15 Å². The predicted molar refractivity (Wildman–Crippen MR) is 110 cm³/mol. The molecule has 29 heavy (non-hydrogen) atoms. The normalized spacial score (nSPS) is 15.2. The Morgan fingerprint density at radius 2 is 2.00 bits per heavy atom. The Bertz CT molecular complexity index is 949. The van der Waals surface area contributed by atoms with Gasteiger partial charge in [-0.1, -0.05) is 12.1 Å².